The molecule has 1 aromatic rings. The van der Waals surface area contributed by atoms with Crippen molar-refractivity contribution < 1.29 is 28.8 Å². The number of nitrogens with zero attached hydrogens (tertiary/aromatic N) is 1. The number of hydrogen-bond acceptors (Lipinski definition) is 5. The fraction of sp³-hybridized carbons (Fsp3) is 0.474. The highest BCUT2D eigenvalue weighted by molar-refractivity contribution is 8.14. The number of thioether (sulfide) groups is 1. The molecular weight excluding hydrogens is 354 g/mol. The van der Waals surface area contributed by atoms with Gasteiger partial charge in [0.1, 0.15) is 6.04 Å². The van der Waals surface area contributed by atoms with Gasteiger partial charge in [0.15, 0.2) is 10.9 Å². The Kier molecular flexibility index (Phi) is 6.36. The molecule has 26 heavy (non-hydrogen) atoms. The Labute approximate surface area is 157 Å². The van der Waals surface area contributed by atoms with Crippen LogP contribution < -0.4 is 0 Å². The zero-order chi connectivity index (χ0) is 19.5. The Morgan fingerprint density at radius 3 is 2.27 bits per heavy atom. The largest absolute Gasteiger partial charge is 0.521 e. The SMILES string of the molecule is CC(=O)S[C@@H](C(=O)c1ccccc1)C(C)C(=O)[N@+]1(C(=O)O)CCCC1C. The molecule has 0 bridgehead atoms. The molecule has 140 valence electrons. The monoisotopic (exact) mass is 378 g/mol. The standard InChI is InChI=1S/C19H23NO5S/c1-12-8-7-11-20(12,19(24)25)18(23)13(2)17(26-14(3)21)16(22)15-9-5-4-6-10-15/h4-6,9-10,12-13,17H,7-8,11H2,1-3H3/p+1/t12?,13?,17-,20+/m1/s1. The van der Waals surface area contributed by atoms with Crippen LogP contribution in [-0.4, -0.2) is 50.3 Å². The van der Waals surface area contributed by atoms with Crippen molar-refractivity contribution >= 4 is 34.7 Å². The molecule has 0 saturated carbocycles. The van der Waals surface area contributed by atoms with Gasteiger partial charge in [-0.3, -0.25) is 9.59 Å². The van der Waals surface area contributed by atoms with E-state index in [1.165, 1.54) is 6.92 Å². The molecule has 1 heterocycles. The first-order valence-electron chi connectivity index (χ1n) is 8.64. The molecule has 1 aliphatic rings. The fourth-order valence-corrected chi connectivity index (χ4v) is 4.52. The van der Waals surface area contributed by atoms with Crippen molar-refractivity contribution in [3.8, 4) is 0 Å². The van der Waals surface area contributed by atoms with Crippen molar-refractivity contribution in [3.05, 3.63) is 35.9 Å². The second-order valence-corrected chi connectivity index (χ2v) is 8.07. The molecule has 2 amide bonds. The predicted molar refractivity (Wildman–Crippen MR) is 98.9 cm³/mol. The summed E-state index contributed by atoms with van der Waals surface area (Å²) in [6.07, 6.45) is 0.0935. The maximum atomic E-state index is 13.2. The number of carbonyl (C=O) groups excluding carboxylic acids is 3. The lowest BCUT2D eigenvalue weighted by Gasteiger charge is -2.33. The zero-order valence-electron chi connectivity index (χ0n) is 15.2. The summed E-state index contributed by atoms with van der Waals surface area (Å²) in [6, 6.07) is 8.11. The first kappa shape index (κ1) is 20.3. The van der Waals surface area contributed by atoms with Gasteiger partial charge in [-0.15, -0.1) is 0 Å². The minimum atomic E-state index is -1.19. The molecule has 7 heteroatoms. The predicted octanol–water partition coefficient (Wildman–Crippen LogP) is 3.36. The molecule has 0 aromatic heterocycles. The van der Waals surface area contributed by atoms with E-state index >= 15 is 0 Å². The molecule has 6 nitrogen and oxygen atoms in total. The van der Waals surface area contributed by atoms with Crippen LogP contribution in [0.3, 0.4) is 0 Å². The number of amides is 2. The number of benzene rings is 1. The van der Waals surface area contributed by atoms with Gasteiger partial charge in [0.05, 0.1) is 17.7 Å². The van der Waals surface area contributed by atoms with Crippen LogP contribution >= 0.6 is 11.8 Å². The van der Waals surface area contributed by atoms with Gasteiger partial charge < -0.3 is 5.11 Å². The second-order valence-electron chi connectivity index (χ2n) is 6.75. The van der Waals surface area contributed by atoms with Crippen LogP contribution in [0.25, 0.3) is 0 Å². The summed E-state index contributed by atoms with van der Waals surface area (Å²) in [4.78, 5) is 49.8. The van der Waals surface area contributed by atoms with Crippen LogP contribution in [0.1, 0.15) is 44.0 Å². The van der Waals surface area contributed by atoms with Gasteiger partial charge in [0.2, 0.25) is 0 Å². The summed E-state index contributed by atoms with van der Waals surface area (Å²) in [5.41, 5.74) is 0.405. The lowest BCUT2D eigenvalue weighted by Crippen LogP contribution is -2.61. The number of carboxylic acid groups (broad SMARTS) is 1. The lowest BCUT2D eigenvalue weighted by molar-refractivity contribution is -0.794. The molecule has 2 rings (SSSR count). The smallest absolute Gasteiger partial charge is 0.435 e. The van der Waals surface area contributed by atoms with E-state index in [2.05, 4.69) is 0 Å². The van der Waals surface area contributed by atoms with Crippen molar-refractivity contribution in [1.82, 2.24) is 0 Å². The molecule has 1 aromatic carbocycles. The average Bonchev–Trinajstić information content (AvgIpc) is 3.01. The van der Waals surface area contributed by atoms with Gasteiger partial charge in [-0.2, -0.15) is 9.28 Å². The molecule has 4 atom stereocenters. The zero-order valence-corrected chi connectivity index (χ0v) is 16.0. The summed E-state index contributed by atoms with van der Waals surface area (Å²) in [6.45, 7) is 4.86. The second kappa shape index (κ2) is 8.14. The first-order valence-corrected chi connectivity index (χ1v) is 9.52. The molecule has 1 aliphatic heterocycles. The third-order valence-corrected chi connectivity index (χ3v) is 6.28. The molecule has 1 fully saturated rings. The van der Waals surface area contributed by atoms with E-state index in [1.54, 1.807) is 44.2 Å². The minimum absolute atomic E-state index is 0.219. The number of carbonyl (C=O) groups is 4. The highest BCUT2D eigenvalue weighted by Crippen LogP contribution is 2.34. The van der Waals surface area contributed by atoms with E-state index in [0.717, 1.165) is 11.8 Å². The third kappa shape index (κ3) is 3.73. The number of ketones is 1. The Hall–Kier alpha value is -1.99. The Morgan fingerprint density at radius 2 is 1.81 bits per heavy atom. The topological polar surface area (TPSA) is 88.5 Å². The van der Waals surface area contributed by atoms with Gasteiger partial charge in [-0.05, 0) is 13.8 Å². The number of likely N-dealkylation sites (tertiary alicyclic amines) is 1. The summed E-state index contributed by atoms with van der Waals surface area (Å²) >= 11 is 0.797. The molecule has 0 radical (unpaired) electrons. The van der Waals surface area contributed by atoms with Crippen LogP contribution in [-0.2, 0) is 9.59 Å². The first-order chi connectivity index (χ1) is 12.2. The molecule has 0 aliphatic carbocycles. The van der Waals surface area contributed by atoms with Crippen LogP contribution in [0, 0.1) is 5.92 Å². The molecule has 1 saturated heterocycles. The number of imide groups is 1. The summed E-state index contributed by atoms with van der Waals surface area (Å²) < 4.78 is -0.668. The highest BCUT2D eigenvalue weighted by atomic mass is 32.2. The summed E-state index contributed by atoms with van der Waals surface area (Å²) in [5.74, 6) is -1.74. The molecular formula is C19H24NO5S+. The van der Waals surface area contributed by atoms with Gasteiger partial charge in [-0.1, -0.05) is 42.1 Å². The van der Waals surface area contributed by atoms with E-state index in [-0.39, 0.29) is 23.5 Å². The van der Waals surface area contributed by atoms with E-state index in [1.807, 2.05) is 0 Å². The van der Waals surface area contributed by atoms with Crippen molar-refractivity contribution in [1.29, 1.82) is 0 Å². The van der Waals surface area contributed by atoms with Crippen LogP contribution in [0.15, 0.2) is 30.3 Å². The number of quaternary nitrogens is 1. The maximum absolute atomic E-state index is 13.2. The molecule has 0 spiro atoms. The van der Waals surface area contributed by atoms with Gasteiger partial charge in [-0.25, -0.2) is 4.79 Å². The van der Waals surface area contributed by atoms with Gasteiger partial charge in [0, 0.05) is 25.3 Å². The minimum Gasteiger partial charge on any atom is -0.435 e. The van der Waals surface area contributed by atoms with E-state index in [4.69, 9.17) is 0 Å². The fourth-order valence-electron chi connectivity index (χ4n) is 3.60. The van der Waals surface area contributed by atoms with Crippen LogP contribution in [0.5, 0.6) is 0 Å². The van der Waals surface area contributed by atoms with Crippen LogP contribution in [0.2, 0.25) is 0 Å². The van der Waals surface area contributed by atoms with E-state index < -0.39 is 27.7 Å². The van der Waals surface area contributed by atoms with E-state index in [0.29, 0.717) is 18.4 Å². The van der Waals surface area contributed by atoms with Crippen molar-refractivity contribution in [2.75, 3.05) is 6.54 Å². The number of hydrogen-bond donors (Lipinski definition) is 1. The van der Waals surface area contributed by atoms with Crippen molar-refractivity contribution in [2.24, 2.45) is 5.92 Å². The molecule has 2 unspecified atom stereocenters. The average molecular weight is 378 g/mol. The highest BCUT2D eigenvalue weighted by Gasteiger charge is 2.56. The lowest BCUT2D eigenvalue weighted by atomic mass is 9.96. The van der Waals surface area contributed by atoms with Crippen molar-refractivity contribution in [3.63, 3.8) is 0 Å². The third-order valence-electron chi connectivity index (χ3n) is 5.07. The Balaban J connectivity index is 2.38. The van der Waals surface area contributed by atoms with E-state index in [9.17, 15) is 24.3 Å². The quantitative estimate of drug-likeness (QED) is 0.624. The summed E-state index contributed by atoms with van der Waals surface area (Å²) in [7, 11) is 0. The Morgan fingerprint density at radius 1 is 1.19 bits per heavy atom. The van der Waals surface area contributed by atoms with Crippen molar-refractivity contribution in [2.45, 2.75) is 44.9 Å². The normalized spacial score (nSPS) is 24.7. The summed E-state index contributed by atoms with van der Waals surface area (Å²) in [5, 5.41) is 8.54. The van der Waals surface area contributed by atoms with Gasteiger partial charge >= 0.3 is 12.0 Å². The van der Waals surface area contributed by atoms with Gasteiger partial charge in [0.25, 0.3) is 0 Å². The Bertz CT molecular complexity index is 720. The van der Waals surface area contributed by atoms with Crippen LogP contribution in [0.4, 0.5) is 4.79 Å². The molecule has 1 N–H and O–H groups in total. The number of Topliss-reactive ketones (excluding diaryl/α,β-unsaturated/α-hetero) is 1. The maximum Gasteiger partial charge on any atom is 0.521 e. The number of rotatable bonds is 5.